The molecule has 0 fully saturated rings. The van der Waals surface area contributed by atoms with Crippen molar-refractivity contribution in [1.29, 1.82) is 0 Å². The molecule has 0 aliphatic rings. The molecule has 0 unspecified atom stereocenters. The lowest BCUT2D eigenvalue weighted by molar-refractivity contribution is 0.0490. The first kappa shape index (κ1) is 23.3. The fraction of sp³-hybridized carbons (Fsp3) is 0.261. The highest BCUT2D eigenvalue weighted by Gasteiger charge is 2.30. The van der Waals surface area contributed by atoms with Gasteiger partial charge in [0.1, 0.15) is 11.4 Å². The Labute approximate surface area is 189 Å². The van der Waals surface area contributed by atoms with E-state index in [9.17, 15) is 18.8 Å². The maximum absolute atomic E-state index is 13.5. The van der Waals surface area contributed by atoms with Crippen LogP contribution in [0, 0.1) is 5.82 Å². The standard InChI is InChI=1S/C23H22ClFN2O5/c1-23(2,3)32-22(30)27-17-11-14(24)8-9-16(17)19(20(27)21(29)31-4)26-12-18(28)13-6-5-7-15(25)10-13/h5-11,26H,12H2,1-4H3. The quantitative estimate of drug-likeness (QED) is 0.411. The smallest absolute Gasteiger partial charge is 0.419 e. The average molecular weight is 461 g/mol. The molecule has 0 spiro atoms. The molecule has 3 aromatic rings. The number of hydrogen-bond donors (Lipinski definition) is 1. The summed E-state index contributed by atoms with van der Waals surface area (Å²) in [6, 6.07) is 9.97. The van der Waals surface area contributed by atoms with Gasteiger partial charge in [-0.05, 0) is 51.1 Å². The second kappa shape index (κ2) is 9.00. The molecule has 168 valence electrons. The van der Waals surface area contributed by atoms with Crippen LogP contribution in [0.1, 0.15) is 41.6 Å². The Morgan fingerprint density at radius 1 is 1.12 bits per heavy atom. The number of carbonyl (C=O) groups excluding carboxylic acids is 3. The lowest BCUT2D eigenvalue weighted by Gasteiger charge is -2.20. The van der Waals surface area contributed by atoms with Crippen molar-refractivity contribution in [3.63, 3.8) is 0 Å². The van der Waals surface area contributed by atoms with Gasteiger partial charge in [0, 0.05) is 16.0 Å². The largest absolute Gasteiger partial charge is 0.464 e. The molecular weight excluding hydrogens is 439 g/mol. The Kier molecular flexibility index (Phi) is 6.55. The average Bonchev–Trinajstić information content (AvgIpc) is 3.03. The molecule has 0 aliphatic heterocycles. The van der Waals surface area contributed by atoms with E-state index in [4.69, 9.17) is 21.1 Å². The first-order valence-corrected chi connectivity index (χ1v) is 10.1. The van der Waals surface area contributed by atoms with Crippen molar-refractivity contribution in [2.24, 2.45) is 0 Å². The topological polar surface area (TPSA) is 86.6 Å². The number of esters is 1. The Morgan fingerprint density at radius 3 is 2.47 bits per heavy atom. The van der Waals surface area contributed by atoms with Crippen LogP contribution >= 0.6 is 11.6 Å². The van der Waals surface area contributed by atoms with Crippen LogP contribution in [-0.4, -0.2) is 41.7 Å². The van der Waals surface area contributed by atoms with Gasteiger partial charge in [-0.3, -0.25) is 4.79 Å². The molecule has 1 aromatic heterocycles. The summed E-state index contributed by atoms with van der Waals surface area (Å²) in [5.41, 5.74) is -0.324. The van der Waals surface area contributed by atoms with Gasteiger partial charge in [0.25, 0.3) is 0 Å². The van der Waals surface area contributed by atoms with Gasteiger partial charge in [-0.15, -0.1) is 0 Å². The van der Waals surface area contributed by atoms with Gasteiger partial charge < -0.3 is 14.8 Å². The van der Waals surface area contributed by atoms with Crippen molar-refractivity contribution < 1.29 is 28.2 Å². The second-order valence-corrected chi connectivity index (χ2v) is 8.42. The summed E-state index contributed by atoms with van der Waals surface area (Å²) in [7, 11) is 1.17. The molecule has 1 heterocycles. The summed E-state index contributed by atoms with van der Waals surface area (Å²) < 4.78 is 24.9. The monoisotopic (exact) mass is 460 g/mol. The van der Waals surface area contributed by atoms with Gasteiger partial charge in [-0.25, -0.2) is 18.5 Å². The number of ether oxygens (including phenoxy) is 2. The Bertz CT molecular complexity index is 1210. The zero-order valence-electron chi connectivity index (χ0n) is 18.0. The number of rotatable bonds is 5. The minimum absolute atomic E-state index is 0.147. The fourth-order valence-electron chi connectivity index (χ4n) is 3.16. The van der Waals surface area contributed by atoms with Gasteiger partial charge in [0.05, 0.1) is 24.9 Å². The third kappa shape index (κ3) is 4.91. The number of methoxy groups -OCH3 is 1. The molecular formula is C23H22ClFN2O5. The van der Waals surface area contributed by atoms with E-state index >= 15 is 0 Å². The minimum atomic E-state index is -0.833. The Balaban J connectivity index is 2.11. The molecule has 0 saturated heterocycles. The van der Waals surface area contributed by atoms with Gasteiger partial charge in [-0.2, -0.15) is 0 Å². The van der Waals surface area contributed by atoms with E-state index in [-0.39, 0.29) is 23.5 Å². The number of Topliss-reactive ketones (excluding diaryl/α,β-unsaturated/α-hetero) is 1. The van der Waals surface area contributed by atoms with Crippen LogP contribution in [0.25, 0.3) is 10.9 Å². The third-order valence-electron chi connectivity index (χ3n) is 4.46. The summed E-state index contributed by atoms with van der Waals surface area (Å²) >= 11 is 6.13. The number of hydrogen-bond acceptors (Lipinski definition) is 6. The van der Waals surface area contributed by atoms with Crippen LogP contribution in [-0.2, 0) is 9.47 Å². The third-order valence-corrected chi connectivity index (χ3v) is 4.69. The SMILES string of the molecule is COC(=O)c1c(NCC(=O)c2cccc(F)c2)c2ccc(Cl)cc2n1C(=O)OC(C)(C)C. The van der Waals surface area contributed by atoms with Crippen molar-refractivity contribution in [1.82, 2.24) is 4.57 Å². The van der Waals surface area contributed by atoms with E-state index in [1.807, 2.05) is 0 Å². The second-order valence-electron chi connectivity index (χ2n) is 7.98. The van der Waals surface area contributed by atoms with Crippen LogP contribution in [0.3, 0.4) is 0 Å². The number of halogens is 2. The molecule has 32 heavy (non-hydrogen) atoms. The molecule has 9 heteroatoms. The number of ketones is 1. The lowest BCUT2D eigenvalue weighted by Crippen LogP contribution is -2.29. The summed E-state index contributed by atoms with van der Waals surface area (Å²) in [6.45, 7) is 4.82. The first-order chi connectivity index (χ1) is 15.0. The molecule has 0 atom stereocenters. The van der Waals surface area contributed by atoms with E-state index in [0.717, 1.165) is 10.6 Å². The number of carbonyl (C=O) groups is 3. The van der Waals surface area contributed by atoms with Crippen molar-refractivity contribution in [2.45, 2.75) is 26.4 Å². The maximum atomic E-state index is 13.5. The Hall–Kier alpha value is -3.39. The Morgan fingerprint density at radius 2 is 1.84 bits per heavy atom. The number of nitrogens with zero attached hydrogens (tertiary/aromatic N) is 1. The lowest BCUT2D eigenvalue weighted by atomic mass is 10.1. The molecule has 0 aliphatic carbocycles. The maximum Gasteiger partial charge on any atom is 0.419 e. The van der Waals surface area contributed by atoms with Crippen LogP contribution < -0.4 is 5.32 Å². The molecule has 1 N–H and O–H groups in total. The fourth-order valence-corrected chi connectivity index (χ4v) is 3.33. The summed E-state index contributed by atoms with van der Waals surface area (Å²) in [4.78, 5) is 38.2. The zero-order valence-corrected chi connectivity index (χ0v) is 18.7. The van der Waals surface area contributed by atoms with Crippen LogP contribution in [0.2, 0.25) is 5.02 Å². The molecule has 0 radical (unpaired) electrons. The number of benzene rings is 2. The predicted molar refractivity (Wildman–Crippen MR) is 119 cm³/mol. The first-order valence-electron chi connectivity index (χ1n) is 9.70. The highest BCUT2D eigenvalue weighted by Crippen LogP contribution is 2.34. The summed E-state index contributed by atoms with van der Waals surface area (Å²) in [5.74, 6) is -1.77. The van der Waals surface area contributed by atoms with Gasteiger partial charge >= 0.3 is 12.1 Å². The van der Waals surface area contributed by atoms with Crippen LogP contribution in [0.5, 0.6) is 0 Å². The van der Waals surface area contributed by atoms with E-state index < -0.39 is 29.3 Å². The normalized spacial score (nSPS) is 11.3. The predicted octanol–water partition coefficient (Wildman–Crippen LogP) is 5.30. The molecule has 0 amide bonds. The van der Waals surface area contributed by atoms with Crippen molar-refractivity contribution in [3.05, 3.63) is 64.6 Å². The number of anilines is 1. The van der Waals surface area contributed by atoms with E-state index in [1.54, 1.807) is 32.9 Å². The summed E-state index contributed by atoms with van der Waals surface area (Å²) in [6.07, 6.45) is -0.810. The van der Waals surface area contributed by atoms with Crippen molar-refractivity contribution >= 4 is 46.0 Å². The van der Waals surface area contributed by atoms with Crippen molar-refractivity contribution in [3.8, 4) is 0 Å². The van der Waals surface area contributed by atoms with E-state index in [0.29, 0.717) is 15.9 Å². The minimum Gasteiger partial charge on any atom is -0.464 e. The molecule has 2 aromatic carbocycles. The van der Waals surface area contributed by atoms with Crippen LogP contribution in [0.4, 0.5) is 14.9 Å². The van der Waals surface area contributed by atoms with Gasteiger partial charge in [0.15, 0.2) is 11.5 Å². The molecule has 3 rings (SSSR count). The summed E-state index contributed by atoms with van der Waals surface area (Å²) in [5, 5.41) is 3.69. The number of fused-ring (bicyclic) bond motifs is 1. The molecule has 0 saturated carbocycles. The number of nitrogens with one attached hydrogen (secondary N) is 1. The van der Waals surface area contributed by atoms with Crippen molar-refractivity contribution in [2.75, 3.05) is 19.0 Å². The zero-order chi connectivity index (χ0) is 23.6. The molecule has 7 nitrogen and oxygen atoms in total. The highest BCUT2D eigenvalue weighted by atomic mass is 35.5. The molecule has 0 bridgehead atoms. The van der Waals surface area contributed by atoms with E-state index in [2.05, 4.69) is 5.32 Å². The number of aromatic nitrogens is 1. The van der Waals surface area contributed by atoms with Gasteiger partial charge in [0.2, 0.25) is 0 Å². The highest BCUT2D eigenvalue weighted by molar-refractivity contribution is 6.31. The van der Waals surface area contributed by atoms with Gasteiger partial charge in [-0.1, -0.05) is 23.7 Å². The van der Waals surface area contributed by atoms with E-state index in [1.165, 1.54) is 31.4 Å². The van der Waals surface area contributed by atoms with Crippen LogP contribution in [0.15, 0.2) is 42.5 Å².